The molecule has 0 aromatic heterocycles. The SMILES string of the molecule is [Co].[Mo].[O-2].[O-2].[O-2]. The van der Waals surface area contributed by atoms with Gasteiger partial charge < -0.3 is 16.4 Å². The fourth-order valence-corrected chi connectivity index (χ4v) is 0. The quantitative estimate of drug-likeness (QED) is 0.481. The summed E-state index contributed by atoms with van der Waals surface area (Å²) >= 11 is 0. The molecule has 1 radical (unpaired) electrons. The third-order valence-corrected chi connectivity index (χ3v) is 0. The second-order valence-electron chi connectivity index (χ2n) is 0. The van der Waals surface area contributed by atoms with Gasteiger partial charge in [-0.25, -0.2) is 0 Å². The summed E-state index contributed by atoms with van der Waals surface area (Å²) in [5.74, 6) is 0. The molecule has 5 heavy (non-hydrogen) atoms. The number of hydrogen-bond acceptors (Lipinski definition) is 0. The van der Waals surface area contributed by atoms with E-state index in [-0.39, 0.29) is 54.3 Å². The summed E-state index contributed by atoms with van der Waals surface area (Å²) in [6, 6.07) is 0. The zero-order chi connectivity index (χ0) is 0. The molecule has 0 aromatic carbocycles. The molecular weight excluding hydrogens is 203 g/mol. The Kier molecular flexibility index (Phi) is 1980. The van der Waals surface area contributed by atoms with Gasteiger partial charge >= 0.3 is 0 Å². The maximum Gasteiger partial charge on any atom is 0 e. The molecule has 0 bridgehead atoms. The van der Waals surface area contributed by atoms with E-state index in [2.05, 4.69) is 0 Å². The minimum Gasteiger partial charge on any atom is -2.00 e. The number of hydrogen-bond donors (Lipinski definition) is 0. The van der Waals surface area contributed by atoms with Crippen LogP contribution >= 0.6 is 0 Å². The van der Waals surface area contributed by atoms with Crippen molar-refractivity contribution in [3.63, 3.8) is 0 Å². The largest absolute Gasteiger partial charge is 2.00 e. The molecular formula is CoMoO3-6. The third kappa shape index (κ3) is 41.5. The number of rotatable bonds is 0. The van der Waals surface area contributed by atoms with E-state index in [1.54, 1.807) is 0 Å². The van der Waals surface area contributed by atoms with Crippen molar-refractivity contribution in [2.45, 2.75) is 0 Å². The van der Waals surface area contributed by atoms with E-state index in [0.29, 0.717) is 0 Å². The first-order valence-electron chi connectivity index (χ1n) is 0. The molecule has 3 nitrogen and oxygen atoms in total. The molecule has 0 amide bonds. The average Bonchev–Trinajstić information content (AvgIpc) is 0. The molecule has 0 aliphatic heterocycles. The first-order chi connectivity index (χ1) is 0. The Hall–Kier alpha value is 1.07. The summed E-state index contributed by atoms with van der Waals surface area (Å²) in [6.07, 6.45) is 0. The Morgan fingerprint density at radius 1 is 0.600 bits per heavy atom. The molecule has 0 saturated carbocycles. The summed E-state index contributed by atoms with van der Waals surface area (Å²) in [6.45, 7) is 0. The topological polar surface area (TPSA) is 85.5 Å². The molecule has 0 N–H and O–H groups in total. The van der Waals surface area contributed by atoms with Crippen LogP contribution in [0.3, 0.4) is 0 Å². The Morgan fingerprint density at radius 2 is 0.600 bits per heavy atom. The standard InChI is InChI=1S/Co.Mo.3O/q;;3*-2. The van der Waals surface area contributed by atoms with Gasteiger partial charge in [-0.2, -0.15) is 0 Å². The average molecular weight is 203 g/mol. The Labute approximate surface area is 54.5 Å². The molecule has 0 saturated heterocycles. The van der Waals surface area contributed by atoms with Crippen LogP contribution in [-0.2, 0) is 54.3 Å². The Balaban J connectivity index is 0. The molecule has 39 valence electrons. The van der Waals surface area contributed by atoms with Gasteiger partial charge in [0.15, 0.2) is 0 Å². The van der Waals surface area contributed by atoms with Gasteiger partial charge in [0.25, 0.3) is 0 Å². The van der Waals surface area contributed by atoms with Gasteiger partial charge in [-0.1, -0.05) is 0 Å². The van der Waals surface area contributed by atoms with Crippen molar-refractivity contribution >= 4 is 0 Å². The summed E-state index contributed by atoms with van der Waals surface area (Å²) < 4.78 is 0. The van der Waals surface area contributed by atoms with E-state index in [1.165, 1.54) is 0 Å². The summed E-state index contributed by atoms with van der Waals surface area (Å²) in [5.41, 5.74) is 0. The van der Waals surface area contributed by atoms with E-state index >= 15 is 0 Å². The van der Waals surface area contributed by atoms with E-state index in [4.69, 9.17) is 0 Å². The second kappa shape index (κ2) is 72.9. The smallest absolute Gasteiger partial charge is 0 e. The monoisotopic (exact) mass is 205 g/mol. The van der Waals surface area contributed by atoms with Crippen LogP contribution in [0.15, 0.2) is 0 Å². The van der Waals surface area contributed by atoms with Crippen LogP contribution in [0.4, 0.5) is 0 Å². The van der Waals surface area contributed by atoms with Crippen molar-refractivity contribution in [1.82, 2.24) is 0 Å². The van der Waals surface area contributed by atoms with Gasteiger partial charge in [-0.3, -0.25) is 0 Å². The molecule has 0 heterocycles. The van der Waals surface area contributed by atoms with Gasteiger partial charge in [-0.05, 0) is 0 Å². The van der Waals surface area contributed by atoms with Crippen LogP contribution in [0.5, 0.6) is 0 Å². The van der Waals surface area contributed by atoms with E-state index in [1.807, 2.05) is 0 Å². The molecule has 5 heteroatoms. The summed E-state index contributed by atoms with van der Waals surface area (Å²) in [4.78, 5) is 0. The van der Waals surface area contributed by atoms with Crippen LogP contribution in [0.2, 0.25) is 0 Å². The van der Waals surface area contributed by atoms with Gasteiger partial charge in [-0.15, -0.1) is 0 Å². The minimum absolute atomic E-state index is 0. The molecule has 0 aliphatic carbocycles. The maximum atomic E-state index is 0. The normalized spacial score (nSPS) is 0. The Morgan fingerprint density at radius 3 is 0.600 bits per heavy atom. The summed E-state index contributed by atoms with van der Waals surface area (Å²) in [5, 5.41) is 0. The maximum absolute atomic E-state index is 0. The molecule has 0 unspecified atom stereocenters. The molecule has 0 spiro atoms. The van der Waals surface area contributed by atoms with Crippen molar-refractivity contribution in [3.8, 4) is 0 Å². The van der Waals surface area contributed by atoms with Crippen molar-refractivity contribution in [3.05, 3.63) is 0 Å². The van der Waals surface area contributed by atoms with E-state index in [0.717, 1.165) is 0 Å². The molecule has 0 rings (SSSR count). The van der Waals surface area contributed by atoms with E-state index < -0.39 is 0 Å². The molecule has 0 fully saturated rings. The van der Waals surface area contributed by atoms with Crippen LogP contribution in [0.25, 0.3) is 0 Å². The third-order valence-electron chi connectivity index (χ3n) is 0. The second-order valence-corrected chi connectivity index (χ2v) is 0. The predicted molar refractivity (Wildman–Crippen MR) is 2.06 cm³/mol. The summed E-state index contributed by atoms with van der Waals surface area (Å²) in [7, 11) is 0. The minimum atomic E-state index is 0. The van der Waals surface area contributed by atoms with Crippen LogP contribution in [0, 0.1) is 0 Å². The first-order valence-corrected chi connectivity index (χ1v) is 0. The van der Waals surface area contributed by atoms with Crippen LogP contribution < -0.4 is 0 Å². The first kappa shape index (κ1) is 135. The predicted octanol–water partition coefficient (Wildman–Crippen LogP) is -0.361. The van der Waals surface area contributed by atoms with Gasteiger partial charge in [0.05, 0.1) is 0 Å². The fraction of sp³-hybridized carbons (Fsp3) is 0. The van der Waals surface area contributed by atoms with Crippen molar-refractivity contribution in [1.29, 1.82) is 0 Å². The van der Waals surface area contributed by atoms with Crippen molar-refractivity contribution in [2.75, 3.05) is 0 Å². The van der Waals surface area contributed by atoms with Crippen LogP contribution in [-0.4, -0.2) is 0 Å². The molecule has 0 aromatic rings. The van der Waals surface area contributed by atoms with Crippen molar-refractivity contribution < 1.29 is 54.3 Å². The van der Waals surface area contributed by atoms with Gasteiger partial charge in [0.1, 0.15) is 0 Å². The Bertz CT molecular complexity index is 6.85. The zero-order valence-electron chi connectivity index (χ0n) is 1.97. The van der Waals surface area contributed by atoms with Gasteiger partial charge in [0.2, 0.25) is 0 Å². The van der Waals surface area contributed by atoms with Crippen LogP contribution in [0.1, 0.15) is 0 Å². The fourth-order valence-electron chi connectivity index (χ4n) is 0. The molecule has 0 atom stereocenters. The van der Waals surface area contributed by atoms with Crippen molar-refractivity contribution in [2.24, 2.45) is 0 Å². The molecule has 0 aliphatic rings. The van der Waals surface area contributed by atoms with Gasteiger partial charge in [0, 0.05) is 37.8 Å². The van der Waals surface area contributed by atoms with E-state index in [9.17, 15) is 0 Å². The zero-order valence-corrected chi connectivity index (χ0v) is 5.01.